The number of ether oxygens (including phenoxy) is 1. The maximum atomic E-state index is 12.4. The van der Waals surface area contributed by atoms with E-state index in [-0.39, 0.29) is 11.5 Å². The van der Waals surface area contributed by atoms with E-state index >= 15 is 0 Å². The summed E-state index contributed by atoms with van der Waals surface area (Å²) in [5.74, 6) is 1.07. The van der Waals surface area contributed by atoms with Gasteiger partial charge in [0.2, 0.25) is 0 Å². The summed E-state index contributed by atoms with van der Waals surface area (Å²) >= 11 is 0. The summed E-state index contributed by atoms with van der Waals surface area (Å²) in [7, 11) is 0. The van der Waals surface area contributed by atoms with Crippen molar-refractivity contribution in [2.75, 3.05) is 13.1 Å². The summed E-state index contributed by atoms with van der Waals surface area (Å²) in [6, 6.07) is 0.308. The van der Waals surface area contributed by atoms with Gasteiger partial charge in [0, 0.05) is 12.6 Å². The van der Waals surface area contributed by atoms with E-state index in [0.29, 0.717) is 17.9 Å². The monoisotopic (exact) mass is 282 g/mol. The molecular weight excluding hydrogens is 252 g/mol. The van der Waals surface area contributed by atoms with Crippen molar-refractivity contribution >= 4 is 6.09 Å². The van der Waals surface area contributed by atoms with Crippen LogP contribution in [-0.4, -0.2) is 35.7 Å². The Balaban J connectivity index is 2.09. The van der Waals surface area contributed by atoms with Crippen molar-refractivity contribution < 1.29 is 9.53 Å². The molecule has 1 saturated heterocycles. The number of piperidine rings is 1. The van der Waals surface area contributed by atoms with Gasteiger partial charge in [-0.2, -0.15) is 0 Å². The maximum Gasteiger partial charge on any atom is 0.410 e. The first-order valence-corrected chi connectivity index (χ1v) is 7.88. The first kappa shape index (κ1) is 15.6. The highest BCUT2D eigenvalue weighted by Gasteiger charge is 2.61. The van der Waals surface area contributed by atoms with Crippen molar-refractivity contribution in [3.05, 3.63) is 0 Å². The number of likely N-dealkylation sites (tertiary alicyclic amines) is 1. The third-order valence-corrected chi connectivity index (χ3v) is 4.98. The highest BCUT2D eigenvalue weighted by atomic mass is 16.6. The molecule has 0 bridgehead atoms. The van der Waals surface area contributed by atoms with E-state index in [9.17, 15) is 4.79 Å². The number of hydrogen-bond donors (Lipinski definition) is 1. The standard InChI is InChI=1S/C16H30N2O2/c1-15(2,3)20-14(19)18-9-7-6-8-12(18)13-11(10-17)16(13,4)5/h11-13H,6-10,17H2,1-5H3/t11-,12?,13+/m0/s1. The summed E-state index contributed by atoms with van der Waals surface area (Å²) in [5.41, 5.74) is 5.73. The number of carbonyl (C=O) groups is 1. The van der Waals surface area contributed by atoms with Gasteiger partial charge in [-0.05, 0) is 63.8 Å². The van der Waals surface area contributed by atoms with Crippen LogP contribution >= 0.6 is 0 Å². The SMILES string of the molecule is CC(C)(C)OC(=O)N1CCCCC1[C@H]1[C@H](CN)C1(C)C. The zero-order valence-electron chi connectivity index (χ0n) is 13.6. The second kappa shape index (κ2) is 5.21. The Morgan fingerprint density at radius 3 is 2.50 bits per heavy atom. The van der Waals surface area contributed by atoms with Crippen LogP contribution in [0.2, 0.25) is 0 Å². The molecule has 1 aliphatic carbocycles. The Bertz CT molecular complexity index is 373. The lowest BCUT2D eigenvalue weighted by atomic mass is 9.94. The number of nitrogens with zero attached hydrogens (tertiary/aromatic N) is 1. The fourth-order valence-corrected chi connectivity index (χ4v) is 3.88. The average molecular weight is 282 g/mol. The van der Waals surface area contributed by atoms with Crippen LogP contribution in [-0.2, 0) is 4.74 Å². The molecule has 2 aliphatic rings. The van der Waals surface area contributed by atoms with E-state index in [1.807, 2.05) is 25.7 Å². The molecule has 2 fully saturated rings. The third kappa shape index (κ3) is 2.95. The Morgan fingerprint density at radius 1 is 1.35 bits per heavy atom. The van der Waals surface area contributed by atoms with Gasteiger partial charge >= 0.3 is 6.09 Å². The van der Waals surface area contributed by atoms with Gasteiger partial charge in [-0.25, -0.2) is 4.79 Å². The van der Waals surface area contributed by atoms with Crippen LogP contribution in [0.4, 0.5) is 4.79 Å². The van der Waals surface area contributed by atoms with Crippen molar-refractivity contribution in [2.45, 2.75) is 65.5 Å². The van der Waals surface area contributed by atoms with Gasteiger partial charge in [0.15, 0.2) is 0 Å². The fourth-order valence-electron chi connectivity index (χ4n) is 3.88. The van der Waals surface area contributed by atoms with E-state index in [1.54, 1.807) is 0 Å². The molecule has 0 aromatic carbocycles. The Labute approximate surface area is 123 Å². The number of amides is 1. The average Bonchev–Trinajstić information content (AvgIpc) is 2.88. The molecular formula is C16H30N2O2. The van der Waals surface area contributed by atoms with Crippen LogP contribution in [0, 0.1) is 17.3 Å². The van der Waals surface area contributed by atoms with Crippen LogP contribution < -0.4 is 5.73 Å². The molecule has 4 heteroatoms. The van der Waals surface area contributed by atoms with Crippen LogP contribution in [0.5, 0.6) is 0 Å². The van der Waals surface area contributed by atoms with Gasteiger partial charge in [0.05, 0.1) is 0 Å². The lowest BCUT2D eigenvalue weighted by Crippen LogP contribution is -2.48. The van der Waals surface area contributed by atoms with E-state index in [0.717, 1.165) is 25.9 Å². The smallest absolute Gasteiger partial charge is 0.410 e. The van der Waals surface area contributed by atoms with Crippen LogP contribution in [0.15, 0.2) is 0 Å². The predicted molar refractivity (Wildman–Crippen MR) is 80.4 cm³/mol. The highest BCUT2D eigenvalue weighted by Crippen LogP contribution is 2.61. The van der Waals surface area contributed by atoms with Crippen LogP contribution in [0.1, 0.15) is 53.9 Å². The summed E-state index contributed by atoms with van der Waals surface area (Å²) < 4.78 is 5.58. The van der Waals surface area contributed by atoms with E-state index in [1.165, 1.54) is 6.42 Å². The van der Waals surface area contributed by atoms with Crippen molar-refractivity contribution in [3.8, 4) is 0 Å². The minimum absolute atomic E-state index is 0.152. The molecule has 0 aromatic heterocycles. The quantitative estimate of drug-likeness (QED) is 0.847. The Morgan fingerprint density at radius 2 is 2.00 bits per heavy atom. The predicted octanol–water partition coefficient (Wildman–Crippen LogP) is 3.01. The molecule has 0 radical (unpaired) electrons. The molecule has 20 heavy (non-hydrogen) atoms. The van der Waals surface area contributed by atoms with Crippen molar-refractivity contribution in [1.29, 1.82) is 0 Å². The molecule has 116 valence electrons. The molecule has 1 unspecified atom stereocenters. The minimum atomic E-state index is -0.425. The number of hydrogen-bond acceptors (Lipinski definition) is 3. The van der Waals surface area contributed by atoms with Gasteiger partial charge in [0.25, 0.3) is 0 Å². The molecule has 1 aliphatic heterocycles. The van der Waals surface area contributed by atoms with Gasteiger partial charge < -0.3 is 15.4 Å². The molecule has 3 atom stereocenters. The lowest BCUT2D eigenvalue weighted by Gasteiger charge is -2.37. The largest absolute Gasteiger partial charge is 0.444 e. The van der Waals surface area contributed by atoms with Crippen molar-refractivity contribution in [3.63, 3.8) is 0 Å². The second-order valence-electron chi connectivity index (χ2n) is 7.93. The van der Waals surface area contributed by atoms with E-state index in [2.05, 4.69) is 13.8 Å². The Kier molecular flexibility index (Phi) is 4.07. The number of carbonyl (C=O) groups excluding carboxylic acids is 1. The maximum absolute atomic E-state index is 12.4. The van der Waals surface area contributed by atoms with E-state index < -0.39 is 5.60 Å². The minimum Gasteiger partial charge on any atom is -0.444 e. The first-order chi connectivity index (χ1) is 9.18. The summed E-state index contributed by atoms with van der Waals surface area (Å²) in [6.45, 7) is 11.9. The molecule has 0 aromatic rings. The molecule has 4 nitrogen and oxygen atoms in total. The molecule has 1 saturated carbocycles. The van der Waals surface area contributed by atoms with Crippen LogP contribution in [0.3, 0.4) is 0 Å². The summed E-state index contributed by atoms with van der Waals surface area (Å²) in [6.07, 6.45) is 3.22. The third-order valence-electron chi connectivity index (χ3n) is 4.98. The van der Waals surface area contributed by atoms with Gasteiger partial charge in [-0.1, -0.05) is 13.8 Å². The zero-order valence-corrected chi connectivity index (χ0v) is 13.6. The molecule has 1 heterocycles. The van der Waals surface area contributed by atoms with Crippen molar-refractivity contribution in [1.82, 2.24) is 4.90 Å². The zero-order chi connectivity index (χ0) is 15.1. The van der Waals surface area contributed by atoms with Crippen molar-refractivity contribution in [2.24, 2.45) is 23.0 Å². The number of nitrogens with two attached hydrogens (primary N) is 1. The fraction of sp³-hybridized carbons (Fsp3) is 0.938. The van der Waals surface area contributed by atoms with Gasteiger partial charge in [-0.15, -0.1) is 0 Å². The lowest BCUT2D eigenvalue weighted by molar-refractivity contribution is 0.00516. The van der Waals surface area contributed by atoms with E-state index in [4.69, 9.17) is 10.5 Å². The van der Waals surface area contributed by atoms with Gasteiger partial charge in [0.1, 0.15) is 5.60 Å². The highest BCUT2D eigenvalue weighted by molar-refractivity contribution is 5.69. The molecule has 2 rings (SSSR count). The topological polar surface area (TPSA) is 55.6 Å². The number of rotatable bonds is 2. The molecule has 1 amide bonds. The second-order valence-corrected chi connectivity index (χ2v) is 7.93. The molecule has 2 N–H and O–H groups in total. The Hall–Kier alpha value is -0.770. The summed E-state index contributed by atoms with van der Waals surface area (Å²) in [5, 5.41) is 0. The van der Waals surface area contributed by atoms with Gasteiger partial charge in [-0.3, -0.25) is 0 Å². The van der Waals surface area contributed by atoms with Crippen LogP contribution in [0.25, 0.3) is 0 Å². The normalized spacial score (nSPS) is 32.9. The first-order valence-electron chi connectivity index (χ1n) is 7.88. The summed E-state index contributed by atoms with van der Waals surface area (Å²) in [4.78, 5) is 14.4. The molecule has 0 spiro atoms.